The Bertz CT molecular complexity index is 779. The lowest BCUT2D eigenvalue weighted by atomic mass is 10.2. The topological polar surface area (TPSA) is 58.6 Å². The van der Waals surface area contributed by atoms with E-state index in [1.54, 1.807) is 17.0 Å². The molecule has 1 N–H and O–H groups in total. The summed E-state index contributed by atoms with van der Waals surface area (Å²) in [5, 5.41) is 2.82. The van der Waals surface area contributed by atoms with Crippen molar-refractivity contribution in [2.24, 2.45) is 0 Å². The van der Waals surface area contributed by atoms with Crippen molar-refractivity contribution in [1.29, 1.82) is 0 Å². The smallest absolute Gasteiger partial charge is 0.243 e. The van der Waals surface area contributed by atoms with E-state index in [1.807, 2.05) is 36.4 Å². The zero-order valence-electron chi connectivity index (χ0n) is 13.7. The highest BCUT2D eigenvalue weighted by Gasteiger charge is 2.22. The Balaban J connectivity index is 1.55. The lowest BCUT2D eigenvalue weighted by molar-refractivity contribution is -0.131. The van der Waals surface area contributed by atoms with E-state index >= 15 is 0 Å². The molecule has 1 aliphatic heterocycles. The molecule has 1 heterocycles. The molecule has 0 spiro atoms. The average molecular weight is 403 g/mol. The summed E-state index contributed by atoms with van der Waals surface area (Å²) >= 11 is 3.44. The molecule has 1 fully saturated rings. The van der Waals surface area contributed by atoms with Crippen LogP contribution in [0.3, 0.4) is 0 Å². The SMILES string of the molecule is O=C(CN1CCCC1=O)Nc1cccc(OCc2cccc(Br)c2)c1. The van der Waals surface area contributed by atoms with Crippen LogP contribution >= 0.6 is 15.9 Å². The molecule has 0 atom stereocenters. The first-order valence-corrected chi connectivity index (χ1v) is 8.94. The Labute approximate surface area is 155 Å². The summed E-state index contributed by atoms with van der Waals surface area (Å²) in [4.78, 5) is 25.3. The van der Waals surface area contributed by atoms with E-state index < -0.39 is 0 Å². The molecule has 0 bridgehead atoms. The minimum atomic E-state index is -0.195. The number of nitrogens with one attached hydrogen (secondary N) is 1. The Morgan fingerprint density at radius 1 is 1.20 bits per heavy atom. The van der Waals surface area contributed by atoms with E-state index in [9.17, 15) is 9.59 Å². The number of halogens is 1. The number of benzene rings is 2. The van der Waals surface area contributed by atoms with Crippen LogP contribution in [0.25, 0.3) is 0 Å². The van der Waals surface area contributed by atoms with Crippen LogP contribution in [0.1, 0.15) is 18.4 Å². The highest BCUT2D eigenvalue weighted by molar-refractivity contribution is 9.10. The summed E-state index contributed by atoms with van der Waals surface area (Å²) < 4.78 is 6.79. The number of rotatable bonds is 6. The van der Waals surface area contributed by atoms with Gasteiger partial charge in [-0.15, -0.1) is 0 Å². The third-order valence-corrected chi connectivity index (χ3v) is 4.41. The number of hydrogen-bond donors (Lipinski definition) is 1. The molecule has 25 heavy (non-hydrogen) atoms. The van der Waals surface area contributed by atoms with Crippen molar-refractivity contribution in [3.8, 4) is 5.75 Å². The van der Waals surface area contributed by atoms with Crippen molar-refractivity contribution in [2.45, 2.75) is 19.4 Å². The Hall–Kier alpha value is -2.34. The molecule has 2 aromatic carbocycles. The largest absolute Gasteiger partial charge is 0.489 e. The van der Waals surface area contributed by atoms with E-state index in [1.165, 1.54) is 0 Å². The average Bonchev–Trinajstić information content (AvgIpc) is 2.98. The van der Waals surface area contributed by atoms with E-state index in [0.717, 1.165) is 16.5 Å². The summed E-state index contributed by atoms with van der Waals surface area (Å²) in [6.07, 6.45) is 1.36. The molecule has 3 rings (SSSR count). The number of anilines is 1. The van der Waals surface area contributed by atoms with Gasteiger partial charge in [0, 0.05) is 29.2 Å². The van der Waals surface area contributed by atoms with Gasteiger partial charge in [0.05, 0.1) is 6.54 Å². The maximum Gasteiger partial charge on any atom is 0.243 e. The van der Waals surface area contributed by atoms with Gasteiger partial charge in [-0.2, -0.15) is 0 Å². The molecular weight excluding hydrogens is 384 g/mol. The van der Waals surface area contributed by atoms with E-state index in [0.29, 0.717) is 31.0 Å². The van der Waals surface area contributed by atoms with Crippen molar-refractivity contribution < 1.29 is 14.3 Å². The van der Waals surface area contributed by atoms with Crippen molar-refractivity contribution in [3.05, 3.63) is 58.6 Å². The molecule has 0 radical (unpaired) electrons. The number of likely N-dealkylation sites (tertiary alicyclic amines) is 1. The normalized spacial score (nSPS) is 13.8. The van der Waals surface area contributed by atoms with Crippen LogP contribution < -0.4 is 10.1 Å². The zero-order valence-corrected chi connectivity index (χ0v) is 15.3. The second kappa shape index (κ2) is 8.16. The maximum absolute atomic E-state index is 12.1. The van der Waals surface area contributed by atoms with Gasteiger partial charge in [-0.05, 0) is 36.2 Å². The molecular formula is C19H19BrN2O3. The van der Waals surface area contributed by atoms with Crippen LogP contribution in [0, 0.1) is 0 Å². The molecule has 130 valence electrons. The zero-order chi connectivity index (χ0) is 17.6. The molecule has 0 unspecified atom stereocenters. The number of carbonyl (C=O) groups is 2. The molecule has 5 nitrogen and oxygen atoms in total. The number of nitrogens with zero attached hydrogens (tertiary/aromatic N) is 1. The molecule has 0 aromatic heterocycles. The van der Waals surface area contributed by atoms with Gasteiger partial charge >= 0.3 is 0 Å². The lowest BCUT2D eigenvalue weighted by Gasteiger charge is -2.15. The summed E-state index contributed by atoms with van der Waals surface area (Å²) in [5.41, 5.74) is 1.71. The number of carbonyl (C=O) groups excluding carboxylic acids is 2. The minimum Gasteiger partial charge on any atom is -0.489 e. The first kappa shape index (κ1) is 17.5. The fourth-order valence-corrected chi connectivity index (χ4v) is 3.15. The first-order chi connectivity index (χ1) is 12.1. The van der Waals surface area contributed by atoms with Crippen molar-refractivity contribution >= 4 is 33.4 Å². The van der Waals surface area contributed by atoms with Crippen LogP contribution in [0.2, 0.25) is 0 Å². The number of amides is 2. The Kier molecular flexibility index (Phi) is 5.71. The Morgan fingerprint density at radius 3 is 2.80 bits per heavy atom. The van der Waals surface area contributed by atoms with Gasteiger partial charge in [-0.3, -0.25) is 9.59 Å². The maximum atomic E-state index is 12.1. The van der Waals surface area contributed by atoms with Gasteiger partial charge in [0.1, 0.15) is 12.4 Å². The second-order valence-electron chi connectivity index (χ2n) is 5.91. The standard InChI is InChI=1S/C19H19BrN2O3/c20-15-5-1-4-14(10-15)13-25-17-7-2-6-16(11-17)21-18(23)12-22-9-3-8-19(22)24/h1-2,4-7,10-11H,3,8-9,12-13H2,(H,21,23). The number of hydrogen-bond acceptors (Lipinski definition) is 3. The summed E-state index contributed by atoms with van der Waals surface area (Å²) in [7, 11) is 0. The summed E-state index contributed by atoms with van der Waals surface area (Å²) in [5.74, 6) is 0.524. The Morgan fingerprint density at radius 2 is 2.04 bits per heavy atom. The lowest BCUT2D eigenvalue weighted by Crippen LogP contribution is -2.33. The van der Waals surface area contributed by atoms with Crippen LogP contribution in [0.4, 0.5) is 5.69 Å². The fourth-order valence-electron chi connectivity index (χ4n) is 2.70. The summed E-state index contributed by atoms with van der Waals surface area (Å²) in [6, 6.07) is 15.2. The minimum absolute atomic E-state index is 0.0428. The predicted octanol–water partition coefficient (Wildman–Crippen LogP) is 3.59. The third kappa shape index (κ3) is 5.06. The molecule has 1 aliphatic rings. The van der Waals surface area contributed by atoms with Gasteiger partial charge in [0.2, 0.25) is 11.8 Å². The monoisotopic (exact) mass is 402 g/mol. The van der Waals surface area contributed by atoms with Crippen LogP contribution in [-0.2, 0) is 16.2 Å². The summed E-state index contributed by atoms with van der Waals surface area (Å²) in [6.45, 7) is 1.20. The molecule has 0 saturated carbocycles. The van der Waals surface area contributed by atoms with Crippen LogP contribution in [0.15, 0.2) is 53.0 Å². The van der Waals surface area contributed by atoms with Crippen LogP contribution in [-0.4, -0.2) is 29.8 Å². The highest BCUT2D eigenvalue weighted by atomic mass is 79.9. The highest BCUT2D eigenvalue weighted by Crippen LogP contribution is 2.20. The molecule has 2 amide bonds. The van der Waals surface area contributed by atoms with E-state index in [4.69, 9.17) is 4.74 Å². The van der Waals surface area contributed by atoms with Gasteiger partial charge in [0.15, 0.2) is 0 Å². The van der Waals surface area contributed by atoms with Crippen LogP contribution in [0.5, 0.6) is 5.75 Å². The van der Waals surface area contributed by atoms with Crippen molar-refractivity contribution in [1.82, 2.24) is 4.90 Å². The predicted molar refractivity (Wildman–Crippen MR) is 99.4 cm³/mol. The van der Waals surface area contributed by atoms with Gasteiger partial charge in [0.25, 0.3) is 0 Å². The van der Waals surface area contributed by atoms with E-state index in [2.05, 4.69) is 21.2 Å². The molecule has 6 heteroatoms. The van der Waals surface area contributed by atoms with Gasteiger partial charge < -0.3 is 15.0 Å². The van der Waals surface area contributed by atoms with E-state index in [-0.39, 0.29) is 18.4 Å². The quantitative estimate of drug-likeness (QED) is 0.802. The first-order valence-electron chi connectivity index (χ1n) is 8.15. The third-order valence-electron chi connectivity index (χ3n) is 3.92. The number of ether oxygens (including phenoxy) is 1. The van der Waals surface area contributed by atoms with Crippen molar-refractivity contribution in [3.63, 3.8) is 0 Å². The molecule has 2 aromatic rings. The fraction of sp³-hybridized carbons (Fsp3) is 0.263. The molecule has 0 aliphatic carbocycles. The van der Waals surface area contributed by atoms with Gasteiger partial charge in [-0.1, -0.05) is 34.1 Å². The second-order valence-corrected chi connectivity index (χ2v) is 6.83. The molecule has 1 saturated heterocycles. The van der Waals surface area contributed by atoms with Gasteiger partial charge in [-0.25, -0.2) is 0 Å². The van der Waals surface area contributed by atoms with Crippen molar-refractivity contribution in [2.75, 3.05) is 18.4 Å².